The number of nitriles is 1. The van der Waals surface area contributed by atoms with E-state index in [-0.39, 0.29) is 16.9 Å². The van der Waals surface area contributed by atoms with Gasteiger partial charge in [0.25, 0.3) is 0 Å². The van der Waals surface area contributed by atoms with E-state index >= 15 is 0 Å². The van der Waals surface area contributed by atoms with Crippen LogP contribution in [0.25, 0.3) is 6.08 Å². The lowest BCUT2D eigenvalue weighted by atomic mass is 10.1. The zero-order chi connectivity index (χ0) is 20.7. The number of carbonyl (C=O) groups excluding carboxylic acids is 2. The van der Waals surface area contributed by atoms with Crippen molar-refractivity contribution in [3.8, 4) is 11.8 Å². The minimum atomic E-state index is -0.929. The fourth-order valence-corrected chi connectivity index (χ4v) is 2.30. The Hall–Kier alpha value is -3.66. The molecule has 0 aromatic heterocycles. The van der Waals surface area contributed by atoms with Gasteiger partial charge in [-0.1, -0.05) is 12.1 Å². The number of nitrogens with zero attached hydrogens (tertiary/aromatic N) is 2. The highest BCUT2D eigenvalue weighted by Gasteiger charge is 2.16. The van der Waals surface area contributed by atoms with Crippen LogP contribution < -0.4 is 9.64 Å². The molecule has 2 rings (SSSR count). The van der Waals surface area contributed by atoms with Crippen LogP contribution in [0, 0.1) is 17.1 Å². The molecule has 0 spiro atoms. The Balaban J connectivity index is 2.04. The van der Waals surface area contributed by atoms with E-state index in [4.69, 9.17) is 9.47 Å². The van der Waals surface area contributed by atoms with Crippen molar-refractivity contribution in [1.29, 1.82) is 5.26 Å². The number of anilines is 1. The first-order valence-electron chi connectivity index (χ1n) is 8.28. The standard InChI is InChI=1S/C21H19FN2O4/c1-24(2)17-7-4-14(5-8-17)10-16(12-23)21(26)28-13-19(25)15-6-9-20(27-3)18(22)11-15/h4-11H,13H2,1-3H3/b16-10+. The van der Waals surface area contributed by atoms with Gasteiger partial charge >= 0.3 is 5.97 Å². The second kappa shape index (κ2) is 9.33. The summed E-state index contributed by atoms with van der Waals surface area (Å²) in [4.78, 5) is 26.1. The van der Waals surface area contributed by atoms with Crippen molar-refractivity contribution in [3.05, 3.63) is 65.0 Å². The molecule has 0 aliphatic carbocycles. The molecule has 0 fully saturated rings. The molecular weight excluding hydrogens is 363 g/mol. The third-order valence-electron chi connectivity index (χ3n) is 3.87. The molecule has 0 saturated carbocycles. The summed E-state index contributed by atoms with van der Waals surface area (Å²) in [6, 6.07) is 12.6. The summed E-state index contributed by atoms with van der Waals surface area (Å²) >= 11 is 0. The lowest BCUT2D eigenvalue weighted by Crippen LogP contribution is -2.15. The van der Waals surface area contributed by atoms with Gasteiger partial charge < -0.3 is 14.4 Å². The molecule has 144 valence electrons. The van der Waals surface area contributed by atoms with E-state index in [0.29, 0.717) is 5.56 Å². The Morgan fingerprint density at radius 2 is 1.86 bits per heavy atom. The Kier molecular flexibility index (Phi) is 6.88. The average molecular weight is 382 g/mol. The predicted octanol–water partition coefficient (Wildman–Crippen LogP) is 3.23. The summed E-state index contributed by atoms with van der Waals surface area (Å²) in [6.45, 7) is -0.608. The van der Waals surface area contributed by atoms with Crippen LogP contribution in [-0.4, -0.2) is 39.6 Å². The predicted molar refractivity (Wildman–Crippen MR) is 103 cm³/mol. The van der Waals surface area contributed by atoms with E-state index < -0.39 is 24.2 Å². The number of rotatable bonds is 7. The fourth-order valence-electron chi connectivity index (χ4n) is 2.30. The van der Waals surface area contributed by atoms with Gasteiger partial charge in [0, 0.05) is 25.3 Å². The minimum Gasteiger partial charge on any atom is -0.494 e. The highest BCUT2D eigenvalue weighted by Crippen LogP contribution is 2.18. The molecular formula is C21H19FN2O4. The average Bonchev–Trinajstić information content (AvgIpc) is 2.70. The Morgan fingerprint density at radius 1 is 1.18 bits per heavy atom. The van der Waals surface area contributed by atoms with Gasteiger partial charge in [0.2, 0.25) is 0 Å². The van der Waals surface area contributed by atoms with E-state index in [2.05, 4.69) is 0 Å². The van der Waals surface area contributed by atoms with Crippen LogP contribution >= 0.6 is 0 Å². The number of benzene rings is 2. The molecule has 2 aromatic rings. The third-order valence-corrected chi connectivity index (χ3v) is 3.87. The van der Waals surface area contributed by atoms with Crippen molar-refractivity contribution in [2.24, 2.45) is 0 Å². The lowest BCUT2D eigenvalue weighted by Gasteiger charge is -2.11. The molecule has 0 aliphatic rings. The molecule has 0 amide bonds. The van der Waals surface area contributed by atoms with Crippen LogP contribution in [-0.2, 0) is 9.53 Å². The molecule has 7 heteroatoms. The molecule has 6 nitrogen and oxygen atoms in total. The first-order valence-corrected chi connectivity index (χ1v) is 8.28. The van der Waals surface area contributed by atoms with E-state index in [0.717, 1.165) is 11.8 Å². The highest BCUT2D eigenvalue weighted by molar-refractivity contribution is 6.02. The van der Waals surface area contributed by atoms with Gasteiger partial charge in [-0.3, -0.25) is 4.79 Å². The molecule has 0 heterocycles. The zero-order valence-electron chi connectivity index (χ0n) is 15.7. The van der Waals surface area contributed by atoms with Crippen LogP contribution in [0.2, 0.25) is 0 Å². The van der Waals surface area contributed by atoms with Gasteiger partial charge in [-0.25, -0.2) is 9.18 Å². The molecule has 0 atom stereocenters. The van der Waals surface area contributed by atoms with E-state index in [1.54, 1.807) is 18.2 Å². The topological polar surface area (TPSA) is 79.6 Å². The maximum Gasteiger partial charge on any atom is 0.349 e. The van der Waals surface area contributed by atoms with E-state index in [1.165, 1.54) is 25.3 Å². The molecule has 0 unspecified atom stereocenters. The summed E-state index contributed by atoms with van der Waals surface area (Å²) in [5.74, 6) is -2.22. The van der Waals surface area contributed by atoms with Crippen molar-refractivity contribution in [2.75, 3.05) is 32.7 Å². The Labute approximate surface area is 162 Å². The number of Topliss-reactive ketones (excluding diaryl/α,β-unsaturated/α-hetero) is 1. The molecule has 28 heavy (non-hydrogen) atoms. The zero-order valence-corrected chi connectivity index (χ0v) is 15.7. The number of hydrogen-bond donors (Lipinski definition) is 0. The number of hydrogen-bond acceptors (Lipinski definition) is 6. The summed E-state index contributed by atoms with van der Waals surface area (Å²) in [5, 5.41) is 9.20. The smallest absolute Gasteiger partial charge is 0.349 e. The maximum absolute atomic E-state index is 13.7. The SMILES string of the molecule is COc1ccc(C(=O)COC(=O)/C(C#N)=C/c2ccc(N(C)C)cc2)cc1F. The molecule has 0 radical (unpaired) electrons. The number of esters is 1. The van der Waals surface area contributed by atoms with Crippen LogP contribution in [0.5, 0.6) is 5.75 Å². The Morgan fingerprint density at radius 3 is 2.39 bits per heavy atom. The number of methoxy groups -OCH3 is 1. The molecule has 2 aromatic carbocycles. The lowest BCUT2D eigenvalue weighted by molar-refractivity contribution is -0.137. The van der Waals surface area contributed by atoms with Crippen molar-refractivity contribution in [2.45, 2.75) is 0 Å². The molecule has 0 N–H and O–H groups in total. The van der Waals surface area contributed by atoms with Crippen LogP contribution in [0.3, 0.4) is 0 Å². The minimum absolute atomic E-state index is 0.00327. The first-order chi connectivity index (χ1) is 13.3. The fraction of sp³-hybridized carbons (Fsp3) is 0.190. The van der Waals surface area contributed by atoms with E-state index in [9.17, 15) is 19.2 Å². The van der Waals surface area contributed by atoms with Gasteiger partial charge in [0.05, 0.1) is 7.11 Å². The summed E-state index contributed by atoms with van der Waals surface area (Å²) in [6.07, 6.45) is 1.37. The van der Waals surface area contributed by atoms with Crippen LogP contribution in [0.15, 0.2) is 48.0 Å². The quantitative estimate of drug-likeness (QED) is 0.317. The van der Waals surface area contributed by atoms with Gasteiger partial charge in [0.15, 0.2) is 24.0 Å². The van der Waals surface area contributed by atoms with E-state index in [1.807, 2.05) is 31.1 Å². The van der Waals surface area contributed by atoms with Crippen molar-refractivity contribution >= 4 is 23.5 Å². The molecule has 0 saturated heterocycles. The number of ether oxygens (including phenoxy) is 2. The Bertz CT molecular complexity index is 944. The van der Waals surface area contributed by atoms with Gasteiger partial charge in [-0.15, -0.1) is 0 Å². The first kappa shape index (κ1) is 20.6. The molecule has 0 aliphatic heterocycles. The van der Waals surface area contributed by atoms with Crippen LogP contribution in [0.1, 0.15) is 15.9 Å². The largest absolute Gasteiger partial charge is 0.494 e. The summed E-state index contributed by atoms with van der Waals surface area (Å²) in [5.41, 5.74) is 1.40. The van der Waals surface area contributed by atoms with Crippen LogP contribution in [0.4, 0.5) is 10.1 Å². The number of carbonyl (C=O) groups is 2. The van der Waals surface area contributed by atoms with Crippen molar-refractivity contribution < 1.29 is 23.5 Å². The normalized spacial score (nSPS) is 10.8. The molecule has 0 bridgehead atoms. The summed E-state index contributed by atoms with van der Waals surface area (Å²) < 4.78 is 23.4. The third kappa shape index (κ3) is 5.17. The van der Waals surface area contributed by atoms with Crippen molar-refractivity contribution in [1.82, 2.24) is 0 Å². The number of ketones is 1. The second-order valence-electron chi connectivity index (χ2n) is 6.00. The van der Waals surface area contributed by atoms with Gasteiger partial charge in [-0.05, 0) is 42.0 Å². The highest BCUT2D eigenvalue weighted by atomic mass is 19.1. The van der Waals surface area contributed by atoms with Crippen molar-refractivity contribution in [3.63, 3.8) is 0 Å². The van der Waals surface area contributed by atoms with Gasteiger partial charge in [0.1, 0.15) is 11.6 Å². The monoisotopic (exact) mass is 382 g/mol. The maximum atomic E-state index is 13.7. The second-order valence-corrected chi connectivity index (χ2v) is 6.00. The number of halogens is 1. The summed E-state index contributed by atoms with van der Waals surface area (Å²) in [7, 11) is 5.11. The van der Waals surface area contributed by atoms with Gasteiger partial charge in [-0.2, -0.15) is 5.26 Å².